The second kappa shape index (κ2) is 14.7. The number of aliphatic carboxylic acids is 1. The van der Waals surface area contributed by atoms with E-state index in [1.54, 1.807) is 24.1 Å². The van der Waals surface area contributed by atoms with Gasteiger partial charge < -0.3 is 29.2 Å². The normalized spacial score (nSPS) is 20.6. The molecular weight excluding hydrogens is 528 g/mol. The van der Waals surface area contributed by atoms with Gasteiger partial charge in [0.1, 0.15) is 22.6 Å². The van der Waals surface area contributed by atoms with Gasteiger partial charge in [-0.15, -0.1) is 0 Å². The van der Waals surface area contributed by atoms with Crippen molar-refractivity contribution in [1.82, 2.24) is 10.2 Å². The fraction of sp³-hybridized carbons (Fsp3) is 0.548. The van der Waals surface area contributed by atoms with Crippen LogP contribution in [0.3, 0.4) is 0 Å². The molecule has 3 N–H and O–H groups in total. The van der Waals surface area contributed by atoms with Gasteiger partial charge in [0.2, 0.25) is 0 Å². The van der Waals surface area contributed by atoms with Crippen molar-refractivity contribution in [2.75, 3.05) is 33.5 Å². The minimum atomic E-state index is -1.33. The summed E-state index contributed by atoms with van der Waals surface area (Å²) in [6, 6.07) is 12.9. The van der Waals surface area contributed by atoms with E-state index in [0.717, 1.165) is 11.1 Å². The summed E-state index contributed by atoms with van der Waals surface area (Å²) in [5, 5.41) is 24.4. The predicted molar refractivity (Wildman–Crippen MR) is 154 cm³/mol. The van der Waals surface area contributed by atoms with Crippen LogP contribution in [-0.4, -0.2) is 78.3 Å². The van der Waals surface area contributed by atoms with E-state index < -0.39 is 23.9 Å². The molecule has 2 aromatic rings. The van der Waals surface area contributed by atoms with E-state index in [1.807, 2.05) is 58.0 Å². The van der Waals surface area contributed by atoms with Crippen LogP contribution in [0.1, 0.15) is 81.1 Å². The third-order valence-electron chi connectivity index (χ3n) is 7.62. The molecule has 226 valence electrons. The number of carbonyl (C=O) groups is 2. The van der Waals surface area contributed by atoms with Crippen LogP contribution in [0.4, 0.5) is 0 Å². The molecule has 1 aliphatic carbocycles. The molecular formula is C31H44N2O8. The number of ketones is 1. The Morgan fingerprint density at radius 2 is 1.63 bits per heavy atom. The van der Waals surface area contributed by atoms with Crippen molar-refractivity contribution in [3.8, 4) is 11.5 Å². The van der Waals surface area contributed by atoms with Crippen molar-refractivity contribution < 1.29 is 38.7 Å². The molecule has 0 aliphatic heterocycles. The number of benzene rings is 2. The van der Waals surface area contributed by atoms with Gasteiger partial charge in [0.15, 0.2) is 12.1 Å². The van der Waals surface area contributed by atoms with Crippen molar-refractivity contribution in [3.63, 3.8) is 0 Å². The Balaban J connectivity index is 1.92. The fourth-order valence-electron chi connectivity index (χ4n) is 5.18. The lowest BCUT2D eigenvalue weighted by atomic mass is 9.74. The number of carboxylic acid groups (broad SMARTS) is 1. The van der Waals surface area contributed by atoms with Crippen molar-refractivity contribution in [1.29, 1.82) is 0 Å². The highest BCUT2D eigenvalue weighted by atomic mass is 16.5. The first-order valence-electron chi connectivity index (χ1n) is 14.2. The summed E-state index contributed by atoms with van der Waals surface area (Å²) >= 11 is 0. The summed E-state index contributed by atoms with van der Waals surface area (Å²) in [6.45, 7) is 10.2. The van der Waals surface area contributed by atoms with E-state index in [0.29, 0.717) is 30.3 Å². The molecule has 3 atom stereocenters. The van der Waals surface area contributed by atoms with Crippen LogP contribution in [0.5, 0.6) is 11.5 Å². The fourth-order valence-corrected chi connectivity index (χ4v) is 5.18. The summed E-state index contributed by atoms with van der Waals surface area (Å²) in [5.74, 6) is -0.435. The highest BCUT2D eigenvalue weighted by Gasteiger charge is 2.52. The third kappa shape index (κ3) is 7.84. The largest absolute Gasteiger partial charge is 0.493 e. The number of carboxylic acids is 1. The molecule has 0 spiro atoms. The minimum absolute atomic E-state index is 0.179. The van der Waals surface area contributed by atoms with Crippen molar-refractivity contribution >= 4 is 11.8 Å². The van der Waals surface area contributed by atoms with Gasteiger partial charge in [0.05, 0.1) is 32.0 Å². The number of nitrogens with zero attached hydrogens (tertiary/aromatic N) is 1. The third-order valence-corrected chi connectivity index (χ3v) is 7.62. The van der Waals surface area contributed by atoms with Crippen LogP contribution in [0.15, 0.2) is 42.5 Å². The van der Waals surface area contributed by atoms with Crippen molar-refractivity contribution in [2.45, 2.75) is 77.6 Å². The van der Waals surface area contributed by atoms with E-state index in [2.05, 4.69) is 5.32 Å². The average Bonchev–Trinajstić information content (AvgIpc) is 2.92. The first-order chi connectivity index (χ1) is 19.6. The second-order valence-electron chi connectivity index (χ2n) is 10.3. The Bertz CT molecular complexity index is 1130. The molecule has 1 saturated carbocycles. The van der Waals surface area contributed by atoms with Gasteiger partial charge in [-0.3, -0.25) is 19.8 Å². The summed E-state index contributed by atoms with van der Waals surface area (Å²) in [4.78, 5) is 26.4. The molecule has 0 heterocycles. The summed E-state index contributed by atoms with van der Waals surface area (Å²) in [5.41, 5.74) is 0.798. The zero-order chi connectivity index (χ0) is 30.2. The summed E-state index contributed by atoms with van der Waals surface area (Å²) in [6.07, 6.45) is -1.24. The van der Waals surface area contributed by atoms with Crippen LogP contribution in [0, 0.1) is 0 Å². The van der Waals surface area contributed by atoms with Gasteiger partial charge in [0, 0.05) is 32.5 Å². The van der Waals surface area contributed by atoms with Crippen LogP contribution >= 0.6 is 0 Å². The molecule has 41 heavy (non-hydrogen) atoms. The van der Waals surface area contributed by atoms with Crippen LogP contribution in [0.2, 0.25) is 0 Å². The number of aliphatic hydroxyl groups is 1. The Kier molecular flexibility index (Phi) is 11.7. The Labute approximate surface area is 242 Å². The predicted octanol–water partition coefficient (Wildman–Crippen LogP) is 4.33. The molecule has 1 aliphatic rings. The number of nitrogens with one attached hydrogen (secondary N) is 1. The number of aliphatic hydroxyl groups excluding tert-OH is 1. The summed E-state index contributed by atoms with van der Waals surface area (Å²) < 4.78 is 23.1. The number of Topliss-reactive ketones (excluding diaryl/α,β-unsaturated/α-hetero) is 1. The van der Waals surface area contributed by atoms with E-state index in [-0.39, 0.29) is 44.0 Å². The maximum atomic E-state index is 12.5. The van der Waals surface area contributed by atoms with Crippen LogP contribution in [0.25, 0.3) is 0 Å². The Morgan fingerprint density at radius 3 is 2.12 bits per heavy atom. The quantitative estimate of drug-likeness (QED) is 0.186. The molecule has 10 nitrogen and oxygen atoms in total. The molecule has 0 bridgehead atoms. The van der Waals surface area contributed by atoms with E-state index in [4.69, 9.17) is 18.9 Å². The Morgan fingerprint density at radius 1 is 1.05 bits per heavy atom. The van der Waals surface area contributed by atoms with Gasteiger partial charge >= 0.3 is 5.97 Å². The molecule has 0 radical (unpaired) electrons. The van der Waals surface area contributed by atoms with Crippen molar-refractivity contribution in [3.05, 3.63) is 59.2 Å². The Hall–Kier alpha value is -3.02. The highest BCUT2D eigenvalue weighted by molar-refractivity contribution is 5.99. The average molecular weight is 573 g/mol. The summed E-state index contributed by atoms with van der Waals surface area (Å²) in [7, 11) is 1.54. The molecule has 0 amide bonds. The molecule has 3 rings (SSSR count). The lowest BCUT2D eigenvalue weighted by molar-refractivity contribution is -0.167. The van der Waals surface area contributed by atoms with E-state index in [9.17, 15) is 19.8 Å². The molecule has 10 heteroatoms. The number of methoxy groups -OCH3 is 1. The molecule has 2 aromatic carbocycles. The monoisotopic (exact) mass is 572 g/mol. The maximum absolute atomic E-state index is 12.5. The van der Waals surface area contributed by atoms with Gasteiger partial charge in [-0.25, -0.2) is 0 Å². The van der Waals surface area contributed by atoms with Gasteiger partial charge in [-0.05, 0) is 57.9 Å². The number of carbonyl (C=O) groups excluding carboxylic acids is 1. The molecule has 0 aromatic heterocycles. The SMILES string of the molecule is CCOc1cc([C@@H](C)N(CCO[C@@H](C)c2ccccc2)C(O)N[C@]2(C(=O)O)C[C@@H](OC)C2)cc(OCC)c1C(C)=O. The number of ether oxygens (including phenoxy) is 4. The smallest absolute Gasteiger partial charge is 0.324 e. The minimum Gasteiger partial charge on any atom is -0.493 e. The first-order valence-corrected chi connectivity index (χ1v) is 14.2. The molecule has 0 saturated heterocycles. The zero-order valence-electron chi connectivity index (χ0n) is 24.9. The van der Waals surface area contributed by atoms with Gasteiger partial charge in [-0.2, -0.15) is 0 Å². The lowest BCUT2D eigenvalue weighted by Crippen LogP contribution is -2.68. The maximum Gasteiger partial charge on any atom is 0.324 e. The topological polar surface area (TPSA) is 127 Å². The van der Waals surface area contributed by atoms with E-state index in [1.165, 1.54) is 6.92 Å². The number of hydrogen-bond acceptors (Lipinski definition) is 9. The highest BCUT2D eigenvalue weighted by Crippen LogP contribution is 2.38. The van der Waals surface area contributed by atoms with Crippen LogP contribution in [-0.2, 0) is 14.3 Å². The van der Waals surface area contributed by atoms with Crippen molar-refractivity contribution in [2.24, 2.45) is 0 Å². The second-order valence-corrected chi connectivity index (χ2v) is 10.3. The first kappa shape index (κ1) is 32.5. The van der Waals surface area contributed by atoms with E-state index >= 15 is 0 Å². The number of hydrogen-bond donors (Lipinski definition) is 3. The molecule has 1 fully saturated rings. The lowest BCUT2D eigenvalue weighted by Gasteiger charge is -2.47. The van der Waals surface area contributed by atoms with Crippen LogP contribution < -0.4 is 14.8 Å². The zero-order valence-corrected chi connectivity index (χ0v) is 24.9. The standard InChI is InChI=1S/C31H44N2O8/c1-7-39-26-16-24(17-27(40-8-2)28(26)21(4)34)20(3)33(14-15-41-22(5)23-12-10-9-11-13-23)30(37)32-31(29(35)36)18-25(19-31)38-6/h9-13,16-17,20,22,25,30,32,37H,7-8,14-15,18-19H2,1-6H3,(H,35,36)/t20-,22+,25-,30?,31-/m1/s1. The van der Waals surface area contributed by atoms with Gasteiger partial charge in [-0.1, -0.05) is 30.3 Å². The molecule has 1 unspecified atom stereocenters. The van der Waals surface area contributed by atoms with Gasteiger partial charge in [0.25, 0.3) is 0 Å². The number of rotatable bonds is 17.